The van der Waals surface area contributed by atoms with Gasteiger partial charge < -0.3 is 9.47 Å². The Morgan fingerprint density at radius 1 is 0.871 bits per heavy atom. The number of hydrogen-bond donors (Lipinski definition) is 0. The Balaban J connectivity index is 1.94. The molecule has 4 aromatic carbocycles. The Morgan fingerprint density at radius 2 is 1.68 bits per heavy atom. The summed E-state index contributed by atoms with van der Waals surface area (Å²) in [6.07, 6.45) is 1.05. The monoisotopic (exact) mass is 470 g/mol. The van der Waals surface area contributed by atoms with Gasteiger partial charge in [0.15, 0.2) is 0 Å². The van der Waals surface area contributed by atoms with Crippen LogP contribution in [0.15, 0.2) is 71.2 Å². The van der Waals surface area contributed by atoms with Crippen LogP contribution in [0.5, 0.6) is 17.2 Å². The van der Waals surface area contributed by atoms with Gasteiger partial charge in [0, 0.05) is 28.6 Å². The SMILES string of the molecule is CCC[n+]1c2cccc3c2c(c2c4ccc(Br)cc4ccc21)-c1c(OC)cccc1O3. The third-order valence-electron chi connectivity index (χ3n) is 6.17. The van der Waals surface area contributed by atoms with E-state index < -0.39 is 0 Å². The molecule has 2 heterocycles. The first-order valence-electron chi connectivity index (χ1n) is 10.6. The molecule has 152 valence electrons. The predicted molar refractivity (Wildman–Crippen MR) is 129 cm³/mol. The van der Waals surface area contributed by atoms with Gasteiger partial charge in [-0.25, -0.2) is 0 Å². The Labute approximate surface area is 189 Å². The van der Waals surface area contributed by atoms with Crippen molar-refractivity contribution in [2.24, 2.45) is 0 Å². The van der Waals surface area contributed by atoms with E-state index in [0.717, 1.165) is 45.6 Å². The van der Waals surface area contributed by atoms with E-state index in [2.05, 4.69) is 76.0 Å². The molecule has 3 nitrogen and oxygen atoms in total. The van der Waals surface area contributed by atoms with E-state index in [9.17, 15) is 0 Å². The van der Waals surface area contributed by atoms with Crippen LogP contribution in [0.25, 0.3) is 43.7 Å². The van der Waals surface area contributed by atoms with Gasteiger partial charge >= 0.3 is 0 Å². The minimum absolute atomic E-state index is 0.831. The van der Waals surface area contributed by atoms with Crippen molar-refractivity contribution in [1.29, 1.82) is 0 Å². The number of nitrogens with zero attached hydrogens (tertiary/aromatic N) is 1. The van der Waals surface area contributed by atoms with E-state index in [1.54, 1.807) is 7.11 Å². The first-order valence-corrected chi connectivity index (χ1v) is 11.4. The van der Waals surface area contributed by atoms with Crippen molar-refractivity contribution in [3.63, 3.8) is 0 Å². The second-order valence-corrected chi connectivity index (χ2v) is 8.85. The molecule has 0 saturated heterocycles. The van der Waals surface area contributed by atoms with Gasteiger partial charge in [0.25, 0.3) is 0 Å². The fourth-order valence-electron chi connectivity index (χ4n) is 4.96. The largest absolute Gasteiger partial charge is 0.496 e. The third kappa shape index (κ3) is 2.61. The van der Waals surface area contributed by atoms with E-state index >= 15 is 0 Å². The van der Waals surface area contributed by atoms with Crippen LogP contribution < -0.4 is 14.0 Å². The standard InChI is InChI=1S/C27H21BrNO2/c1-3-14-29-19-6-4-8-22-25(19)27(26-21(30-2)7-5-9-23(26)31-22)24-18-12-11-17(28)15-16(18)10-13-20(24)29/h4-13,15H,3,14H2,1-2H3/q+1. The van der Waals surface area contributed by atoms with Crippen molar-refractivity contribution < 1.29 is 14.0 Å². The summed E-state index contributed by atoms with van der Waals surface area (Å²) in [4.78, 5) is 0. The highest BCUT2D eigenvalue weighted by Gasteiger charge is 2.31. The summed E-state index contributed by atoms with van der Waals surface area (Å²) in [5.74, 6) is 2.56. The molecule has 0 atom stereocenters. The number of hydrogen-bond acceptors (Lipinski definition) is 2. The van der Waals surface area contributed by atoms with Crippen LogP contribution in [0.4, 0.5) is 0 Å². The van der Waals surface area contributed by atoms with E-state index in [0.29, 0.717) is 0 Å². The van der Waals surface area contributed by atoms with Crippen molar-refractivity contribution >= 4 is 48.5 Å². The molecule has 0 saturated carbocycles. The smallest absolute Gasteiger partial charge is 0.217 e. The molecule has 0 bridgehead atoms. The quantitative estimate of drug-likeness (QED) is 0.153. The van der Waals surface area contributed by atoms with E-state index in [1.165, 1.54) is 32.8 Å². The summed E-state index contributed by atoms with van der Waals surface area (Å²) >= 11 is 3.64. The maximum atomic E-state index is 6.40. The number of fused-ring (bicyclic) bond motifs is 6. The first-order chi connectivity index (χ1) is 15.2. The highest BCUT2D eigenvalue weighted by molar-refractivity contribution is 9.10. The number of aryl methyl sites for hydroxylation is 1. The Bertz CT molecular complexity index is 1520. The van der Waals surface area contributed by atoms with Gasteiger partial charge in [-0.3, -0.25) is 0 Å². The molecule has 0 aliphatic carbocycles. The predicted octanol–water partition coefficient (Wildman–Crippen LogP) is 7.39. The molecule has 1 aromatic heterocycles. The van der Waals surface area contributed by atoms with Crippen molar-refractivity contribution in [3.8, 4) is 28.4 Å². The molecular weight excluding hydrogens is 450 g/mol. The van der Waals surface area contributed by atoms with Crippen LogP contribution in [-0.2, 0) is 6.54 Å². The molecule has 5 aromatic rings. The summed E-state index contributed by atoms with van der Waals surface area (Å²) in [5.41, 5.74) is 4.64. The van der Waals surface area contributed by atoms with E-state index in [1.807, 2.05) is 18.2 Å². The van der Waals surface area contributed by atoms with Crippen LogP contribution in [-0.4, -0.2) is 7.11 Å². The Kier molecular flexibility index (Phi) is 4.19. The van der Waals surface area contributed by atoms with Gasteiger partial charge in [-0.1, -0.05) is 41.1 Å². The van der Waals surface area contributed by atoms with Gasteiger partial charge in [-0.15, -0.1) is 0 Å². The number of methoxy groups -OCH3 is 1. The summed E-state index contributed by atoms with van der Waals surface area (Å²) in [7, 11) is 1.73. The molecule has 0 fully saturated rings. The van der Waals surface area contributed by atoms with Crippen LogP contribution >= 0.6 is 15.9 Å². The molecular formula is C27H21BrNO2+. The molecule has 0 amide bonds. The van der Waals surface area contributed by atoms with E-state index in [-0.39, 0.29) is 0 Å². The second kappa shape index (κ2) is 6.96. The van der Waals surface area contributed by atoms with Crippen molar-refractivity contribution in [1.82, 2.24) is 0 Å². The Morgan fingerprint density at radius 3 is 2.52 bits per heavy atom. The molecule has 0 N–H and O–H groups in total. The zero-order chi connectivity index (χ0) is 21.1. The number of rotatable bonds is 3. The Hall–Kier alpha value is -3.11. The van der Waals surface area contributed by atoms with Gasteiger partial charge in [0.2, 0.25) is 11.0 Å². The fraction of sp³-hybridized carbons (Fsp3) is 0.148. The minimum atomic E-state index is 0.831. The normalized spacial score (nSPS) is 12.2. The molecule has 0 unspecified atom stereocenters. The van der Waals surface area contributed by atoms with Gasteiger partial charge in [0.05, 0.1) is 23.4 Å². The first kappa shape index (κ1) is 18.6. The van der Waals surface area contributed by atoms with Crippen molar-refractivity contribution in [3.05, 3.63) is 71.2 Å². The summed E-state index contributed by atoms with van der Waals surface area (Å²) < 4.78 is 15.7. The topological polar surface area (TPSA) is 22.3 Å². The molecule has 4 heteroatoms. The number of halogens is 1. The molecule has 1 aliphatic heterocycles. The number of pyridine rings is 1. The minimum Gasteiger partial charge on any atom is -0.496 e. The maximum absolute atomic E-state index is 6.40. The zero-order valence-corrected chi connectivity index (χ0v) is 19.0. The summed E-state index contributed by atoms with van der Waals surface area (Å²) in [6, 6.07) is 23.4. The lowest BCUT2D eigenvalue weighted by molar-refractivity contribution is -0.645. The van der Waals surface area contributed by atoms with Gasteiger partial charge in [-0.2, -0.15) is 4.57 Å². The van der Waals surface area contributed by atoms with Crippen molar-refractivity contribution in [2.75, 3.05) is 7.11 Å². The molecule has 31 heavy (non-hydrogen) atoms. The molecule has 1 aliphatic rings. The molecule has 0 radical (unpaired) electrons. The van der Waals surface area contributed by atoms with Crippen LogP contribution in [0.3, 0.4) is 0 Å². The van der Waals surface area contributed by atoms with Gasteiger partial charge in [-0.05, 0) is 47.2 Å². The summed E-state index contributed by atoms with van der Waals surface area (Å²) in [5, 5.41) is 4.83. The average Bonchev–Trinajstić information content (AvgIpc) is 2.79. The maximum Gasteiger partial charge on any atom is 0.217 e. The lowest BCUT2D eigenvalue weighted by Crippen LogP contribution is -2.36. The summed E-state index contributed by atoms with van der Waals surface area (Å²) in [6.45, 7) is 3.17. The van der Waals surface area contributed by atoms with E-state index in [4.69, 9.17) is 9.47 Å². The highest BCUT2D eigenvalue weighted by Crippen LogP contribution is 2.52. The number of ether oxygens (including phenoxy) is 2. The lowest BCUT2D eigenvalue weighted by Gasteiger charge is -2.24. The fourth-order valence-corrected chi connectivity index (χ4v) is 5.34. The van der Waals surface area contributed by atoms with Crippen molar-refractivity contribution in [2.45, 2.75) is 19.9 Å². The average molecular weight is 471 g/mol. The molecule has 6 rings (SSSR count). The second-order valence-electron chi connectivity index (χ2n) is 7.94. The number of aromatic nitrogens is 1. The third-order valence-corrected chi connectivity index (χ3v) is 6.66. The van der Waals surface area contributed by atoms with Crippen LogP contribution in [0.1, 0.15) is 13.3 Å². The van der Waals surface area contributed by atoms with Crippen LogP contribution in [0.2, 0.25) is 0 Å². The number of benzene rings is 4. The van der Waals surface area contributed by atoms with Crippen LogP contribution in [0, 0.1) is 0 Å². The lowest BCUT2D eigenvalue weighted by atomic mass is 9.89. The van der Waals surface area contributed by atoms with Gasteiger partial charge in [0.1, 0.15) is 23.8 Å². The molecule has 0 spiro atoms. The zero-order valence-electron chi connectivity index (χ0n) is 17.4. The highest BCUT2D eigenvalue weighted by atomic mass is 79.9.